The first kappa shape index (κ1) is 20.9. The van der Waals surface area contributed by atoms with E-state index in [9.17, 15) is 14.7 Å². The molecule has 2 unspecified atom stereocenters. The van der Waals surface area contributed by atoms with Crippen LogP contribution in [0.1, 0.15) is 49.9 Å². The lowest BCUT2D eigenvalue weighted by molar-refractivity contribution is -0.125. The van der Waals surface area contributed by atoms with Gasteiger partial charge in [-0.3, -0.25) is 14.5 Å². The molecule has 2 fully saturated rings. The van der Waals surface area contributed by atoms with Crippen LogP contribution < -0.4 is 10.6 Å². The van der Waals surface area contributed by atoms with Gasteiger partial charge >= 0.3 is 0 Å². The van der Waals surface area contributed by atoms with Crippen LogP contribution in [0.5, 0.6) is 0 Å². The molecule has 30 heavy (non-hydrogen) atoms. The van der Waals surface area contributed by atoms with Crippen molar-refractivity contribution in [3.05, 3.63) is 36.1 Å². The number of carbonyl (C=O) groups is 2. The summed E-state index contributed by atoms with van der Waals surface area (Å²) >= 11 is 0. The van der Waals surface area contributed by atoms with Crippen molar-refractivity contribution in [2.24, 2.45) is 5.92 Å². The Morgan fingerprint density at radius 1 is 1.20 bits per heavy atom. The highest BCUT2D eigenvalue weighted by Crippen LogP contribution is 2.38. The van der Waals surface area contributed by atoms with E-state index in [1.807, 2.05) is 38.1 Å². The maximum absolute atomic E-state index is 12.7. The van der Waals surface area contributed by atoms with E-state index in [2.05, 4.69) is 15.5 Å². The van der Waals surface area contributed by atoms with Crippen LogP contribution in [0.25, 0.3) is 11.0 Å². The Balaban J connectivity index is 1.30. The number of piperidine rings is 1. The first-order valence-corrected chi connectivity index (χ1v) is 10.8. The van der Waals surface area contributed by atoms with Crippen LogP contribution >= 0.6 is 0 Å². The predicted molar refractivity (Wildman–Crippen MR) is 114 cm³/mol. The number of nitrogens with zero attached hydrogens (tertiary/aromatic N) is 1. The molecule has 0 spiro atoms. The number of fused-ring (bicyclic) bond motifs is 3. The number of aliphatic hydroxyl groups is 1. The number of furan rings is 1. The summed E-state index contributed by atoms with van der Waals surface area (Å²) in [6.07, 6.45) is 5.69. The summed E-state index contributed by atoms with van der Waals surface area (Å²) in [5.41, 5.74) is 0.696. The van der Waals surface area contributed by atoms with Gasteiger partial charge in [0.1, 0.15) is 11.8 Å². The maximum atomic E-state index is 12.7. The molecule has 2 aromatic rings. The molecule has 0 saturated carbocycles. The van der Waals surface area contributed by atoms with Gasteiger partial charge in [0.05, 0.1) is 24.3 Å². The Bertz CT molecular complexity index is 908. The Labute approximate surface area is 176 Å². The highest BCUT2D eigenvalue weighted by Gasteiger charge is 2.41. The van der Waals surface area contributed by atoms with Gasteiger partial charge in [0.2, 0.25) is 5.91 Å². The Hall–Kier alpha value is -2.38. The average molecular weight is 414 g/mol. The van der Waals surface area contributed by atoms with E-state index >= 15 is 0 Å². The second-order valence-electron chi connectivity index (χ2n) is 9.34. The fraction of sp³-hybridized carbons (Fsp3) is 0.565. The van der Waals surface area contributed by atoms with Gasteiger partial charge in [-0.25, -0.2) is 0 Å². The summed E-state index contributed by atoms with van der Waals surface area (Å²) in [5, 5.41) is 16.2. The van der Waals surface area contributed by atoms with Crippen LogP contribution in [0.3, 0.4) is 0 Å². The third-order valence-electron chi connectivity index (χ3n) is 6.46. The predicted octanol–water partition coefficient (Wildman–Crippen LogP) is 2.29. The largest absolute Gasteiger partial charge is 0.463 e. The van der Waals surface area contributed by atoms with E-state index in [1.54, 1.807) is 0 Å². The topological polar surface area (TPSA) is 94.8 Å². The molecule has 0 aliphatic carbocycles. The smallest absolute Gasteiger partial charge is 0.255 e. The van der Waals surface area contributed by atoms with Crippen LogP contribution in [0, 0.1) is 5.92 Å². The van der Waals surface area contributed by atoms with Gasteiger partial charge in [0, 0.05) is 24.0 Å². The van der Waals surface area contributed by atoms with Crippen molar-refractivity contribution in [2.75, 3.05) is 19.7 Å². The first-order valence-electron chi connectivity index (χ1n) is 10.8. The number of benzene rings is 1. The molecule has 2 aliphatic rings. The third-order valence-corrected chi connectivity index (χ3v) is 6.46. The van der Waals surface area contributed by atoms with E-state index in [-0.39, 0.29) is 18.4 Å². The highest BCUT2D eigenvalue weighted by molar-refractivity contribution is 6.05. The van der Waals surface area contributed by atoms with Gasteiger partial charge in [-0.15, -0.1) is 0 Å². The SMILES string of the molecule is CC(C)(CO)NC(=O)CN1C2CCC1CC(CNC(=O)c1coc3ccccc13)C2. The van der Waals surface area contributed by atoms with Crippen LogP contribution in [0.4, 0.5) is 0 Å². The Morgan fingerprint density at radius 3 is 2.60 bits per heavy atom. The highest BCUT2D eigenvalue weighted by atomic mass is 16.3. The number of hydrogen-bond acceptors (Lipinski definition) is 5. The van der Waals surface area contributed by atoms with E-state index in [0.29, 0.717) is 36.7 Å². The molecular weight excluding hydrogens is 382 g/mol. The summed E-state index contributed by atoms with van der Waals surface area (Å²) in [6.45, 7) is 4.57. The van der Waals surface area contributed by atoms with Gasteiger partial charge in [-0.1, -0.05) is 18.2 Å². The molecule has 2 bridgehead atoms. The number of rotatable bonds is 7. The molecular formula is C23H31N3O4. The van der Waals surface area contributed by atoms with Crippen LogP contribution in [0.15, 0.2) is 34.9 Å². The number of hydrogen-bond donors (Lipinski definition) is 3. The lowest BCUT2D eigenvalue weighted by Crippen LogP contribution is -2.53. The van der Waals surface area contributed by atoms with E-state index in [0.717, 1.165) is 36.7 Å². The minimum absolute atomic E-state index is 0.0375. The van der Waals surface area contributed by atoms with Crippen molar-refractivity contribution < 1.29 is 19.1 Å². The lowest BCUT2D eigenvalue weighted by atomic mass is 9.90. The molecule has 2 aliphatic heterocycles. The van der Waals surface area contributed by atoms with Crippen molar-refractivity contribution in [2.45, 2.75) is 57.2 Å². The van der Waals surface area contributed by atoms with Gasteiger partial charge in [0.25, 0.3) is 5.91 Å². The third kappa shape index (κ3) is 4.37. The maximum Gasteiger partial charge on any atom is 0.255 e. The molecule has 1 aromatic heterocycles. The van der Waals surface area contributed by atoms with Gasteiger partial charge < -0.3 is 20.2 Å². The van der Waals surface area contributed by atoms with E-state index in [4.69, 9.17) is 4.42 Å². The minimum atomic E-state index is -0.601. The van der Waals surface area contributed by atoms with Crippen LogP contribution in [-0.4, -0.2) is 59.1 Å². The zero-order valence-corrected chi connectivity index (χ0v) is 17.7. The minimum Gasteiger partial charge on any atom is -0.463 e. The molecule has 2 atom stereocenters. The number of aliphatic hydroxyl groups excluding tert-OH is 1. The summed E-state index contributed by atoms with van der Waals surface area (Å²) in [7, 11) is 0. The molecule has 1 aromatic carbocycles. The second kappa shape index (κ2) is 8.40. The van der Waals surface area contributed by atoms with E-state index < -0.39 is 5.54 Å². The Kier molecular flexibility index (Phi) is 5.84. The van der Waals surface area contributed by atoms with Gasteiger partial charge in [-0.2, -0.15) is 0 Å². The number of carbonyl (C=O) groups excluding carboxylic acids is 2. The summed E-state index contributed by atoms with van der Waals surface area (Å²) in [4.78, 5) is 27.4. The van der Waals surface area contributed by atoms with Crippen molar-refractivity contribution in [3.8, 4) is 0 Å². The molecule has 7 nitrogen and oxygen atoms in total. The fourth-order valence-corrected chi connectivity index (χ4v) is 4.92. The van der Waals surface area contributed by atoms with Gasteiger partial charge in [-0.05, 0) is 51.5 Å². The quantitative estimate of drug-likeness (QED) is 0.647. The van der Waals surface area contributed by atoms with Crippen molar-refractivity contribution in [3.63, 3.8) is 0 Å². The normalized spacial score (nSPS) is 24.2. The number of para-hydroxylation sites is 1. The molecule has 162 valence electrons. The van der Waals surface area contributed by atoms with Crippen LogP contribution in [0.2, 0.25) is 0 Å². The summed E-state index contributed by atoms with van der Waals surface area (Å²) in [6, 6.07) is 8.31. The molecule has 4 rings (SSSR count). The number of amides is 2. The van der Waals surface area contributed by atoms with Crippen molar-refractivity contribution in [1.29, 1.82) is 0 Å². The van der Waals surface area contributed by atoms with Crippen molar-refractivity contribution >= 4 is 22.8 Å². The molecule has 0 radical (unpaired) electrons. The number of nitrogens with one attached hydrogen (secondary N) is 2. The summed E-state index contributed by atoms with van der Waals surface area (Å²) < 4.78 is 5.48. The molecule has 3 heterocycles. The van der Waals surface area contributed by atoms with Gasteiger partial charge in [0.15, 0.2) is 0 Å². The molecule has 3 N–H and O–H groups in total. The van der Waals surface area contributed by atoms with Crippen molar-refractivity contribution in [1.82, 2.24) is 15.5 Å². The zero-order valence-electron chi connectivity index (χ0n) is 17.7. The van der Waals surface area contributed by atoms with E-state index in [1.165, 1.54) is 6.26 Å². The standard InChI is InChI=1S/C23H31N3O4/c1-23(2,14-27)25-21(28)12-26-16-7-8-17(26)10-15(9-16)11-24-22(29)19-13-30-20-6-4-3-5-18(19)20/h3-6,13,15-17,27H,7-12,14H2,1-2H3,(H,24,29)(H,25,28). The zero-order chi connectivity index (χ0) is 21.3. The van der Waals surface area contributed by atoms with Crippen LogP contribution in [-0.2, 0) is 4.79 Å². The monoisotopic (exact) mass is 413 g/mol. The fourth-order valence-electron chi connectivity index (χ4n) is 4.92. The molecule has 7 heteroatoms. The molecule has 2 amide bonds. The second-order valence-corrected chi connectivity index (χ2v) is 9.34. The molecule has 2 saturated heterocycles. The summed E-state index contributed by atoms with van der Waals surface area (Å²) in [5.74, 6) is 0.280. The lowest BCUT2D eigenvalue weighted by Gasteiger charge is -2.39. The average Bonchev–Trinajstić information content (AvgIpc) is 3.23. The first-order chi connectivity index (χ1) is 14.4. The Morgan fingerprint density at radius 2 is 1.90 bits per heavy atom.